The fourth-order valence-corrected chi connectivity index (χ4v) is 4.56. The van der Waals surface area contributed by atoms with E-state index in [0.717, 1.165) is 29.1 Å². The molecule has 37 heavy (non-hydrogen) atoms. The summed E-state index contributed by atoms with van der Waals surface area (Å²) in [5.41, 5.74) is 0.188. The second kappa shape index (κ2) is 9.71. The Labute approximate surface area is 207 Å². The fraction of sp³-hybridized carbons (Fsp3) is 0.478. The number of amidine groups is 1. The van der Waals surface area contributed by atoms with E-state index in [2.05, 4.69) is 20.4 Å². The van der Waals surface area contributed by atoms with Gasteiger partial charge in [0, 0.05) is 32.1 Å². The monoisotopic (exact) mass is 527 g/mol. The highest BCUT2D eigenvalue weighted by Gasteiger charge is 2.40. The van der Waals surface area contributed by atoms with Crippen molar-refractivity contribution in [3.63, 3.8) is 0 Å². The number of alkyl halides is 6. The molecule has 198 valence electrons. The van der Waals surface area contributed by atoms with Gasteiger partial charge in [-0.3, -0.25) is 4.68 Å². The Bertz CT molecular complexity index is 1250. The Balaban J connectivity index is 1.13. The van der Waals surface area contributed by atoms with Crippen LogP contribution in [0.4, 0.5) is 26.3 Å². The molecule has 1 saturated heterocycles. The average molecular weight is 527 g/mol. The molecule has 14 heteroatoms. The van der Waals surface area contributed by atoms with Gasteiger partial charge in [0.25, 0.3) is 5.82 Å². The van der Waals surface area contributed by atoms with Crippen molar-refractivity contribution in [1.82, 2.24) is 29.6 Å². The minimum atomic E-state index is -4.62. The lowest BCUT2D eigenvalue weighted by Gasteiger charge is -2.35. The second-order valence-corrected chi connectivity index (χ2v) is 8.91. The maximum atomic E-state index is 13.2. The minimum absolute atomic E-state index is 0.170. The summed E-state index contributed by atoms with van der Waals surface area (Å²) in [6.07, 6.45) is -5.31. The molecule has 1 aromatic carbocycles. The van der Waals surface area contributed by atoms with Crippen LogP contribution in [0, 0.1) is 0 Å². The zero-order chi connectivity index (χ0) is 26.2. The van der Waals surface area contributed by atoms with Crippen molar-refractivity contribution in [2.45, 2.75) is 50.5 Å². The van der Waals surface area contributed by atoms with Gasteiger partial charge in [-0.05, 0) is 42.5 Å². The van der Waals surface area contributed by atoms with Crippen molar-refractivity contribution in [2.24, 2.45) is 5.10 Å². The first kappa shape index (κ1) is 25.1. The molecule has 4 heterocycles. The van der Waals surface area contributed by atoms with Crippen LogP contribution in [0.5, 0.6) is 5.75 Å². The Morgan fingerprint density at radius 2 is 1.62 bits per heavy atom. The number of hydrogen-bond donors (Lipinski definition) is 0. The number of rotatable bonds is 5. The highest BCUT2D eigenvalue weighted by atomic mass is 19.4. The number of benzene rings is 1. The Kier molecular flexibility index (Phi) is 6.58. The third kappa shape index (κ3) is 5.57. The van der Waals surface area contributed by atoms with Gasteiger partial charge < -0.3 is 9.64 Å². The van der Waals surface area contributed by atoms with Gasteiger partial charge in [-0.1, -0.05) is 12.1 Å². The summed E-state index contributed by atoms with van der Waals surface area (Å²) in [4.78, 5) is 2.02. The lowest BCUT2D eigenvalue weighted by atomic mass is 9.89. The van der Waals surface area contributed by atoms with Crippen LogP contribution < -0.4 is 4.74 Å². The summed E-state index contributed by atoms with van der Waals surface area (Å²) in [5.74, 6) is 0.609. The van der Waals surface area contributed by atoms with E-state index >= 15 is 0 Å². The SMILES string of the molecule is FC(F)(F)c1ccn(CCOc2ccc(C3CCN(C4=Nn5c(nnc5C(F)(F)F)CC4)CC3)cc2)n1. The van der Waals surface area contributed by atoms with Crippen LogP contribution in [-0.4, -0.2) is 55.1 Å². The fourth-order valence-electron chi connectivity index (χ4n) is 4.56. The van der Waals surface area contributed by atoms with Gasteiger partial charge in [-0.2, -0.15) is 41.2 Å². The zero-order valence-electron chi connectivity index (χ0n) is 19.5. The number of hydrogen-bond acceptors (Lipinski definition) is 6. The Morgan fingerprint density at radius 3 is 2.27 bits per heavy atom. The van der Waals surface area contributed by atoms with Crippen LogP contribution in [0.3, 0.4) is 0 Å². The summed E-state index contributed by atoms with van der Waals surface area (Å²) >= 11 is 0. The van der Waals surface area contributed by atoms with Gasteiger partial charge in [0.05, 0.1) is 6.54 Å². The van der Waals surface area contributed by atoms with E-state index in [1.165, 1.54) is 10.9 Å². The summed E-state index contributed by atoms with van der Waals surface area (Å²) in [7, 11) is 0. The summed E-state index contributed by atoms with van der Waals surface area (Å²) < 4.78 is 85.1. The zero-order valence-corrected chi connectivity index (χ0v) is 19.5. The molecule has 0 amide bonds. The summed E-state index contributed by atoms with van der Waals surface area (Å²) in [6.45, 7) is 1.69. The molecule has 3 aromatic rings. The van der Waals surface area contributed by atoms with E-state index in [0.29, 0.717) is 37.5 Å². The van der Waals surface area contributed by atoms with E-state index in [1.54, 1.807) is 0 Å². The Morgan fingerprint density at radius 1 is 0.892 bits per heavy atom. The van der Waals surface area contributed by atoms with Crippen molar-refractivity contribution < 1.29 is 31.1 Å². The van der Waals surface area contributed by atoms with Gasteiger partial charge in [0.1, 0.15) is 18.2 Å². The normalized spacial score (nSPS) is 17.0. The van der Waals surface area contributed by atoms with Crippen LogP contribution in [0.1, 0.15) is 48.1 Å². The van der Waals surface area contributed by atoms with Crippen LogP contribution in [0.25, 0.3) is 0 Å². The molecule has 0 saturated carbocycles. The minimum Gasteiger partial charge on any atom is -0.492 e. The highest BCUT2D eigenvalue weighted by molar-refractivity contribution is 5.83. The largest absolute Gasteiger partial charge is 0.492 e. The number of piperidine rings is 1. The number of likely N-dealkylation sites (tertiary alicyclic amines) is 1. The van der Waals surface area contributed by atoms with E-state index < -0.39 is 23.9 Å². The molecule has 8 nitrogen and oxygen atoms in total. The first-order valence-electron chi connectivity index (χ1n) is 11.8. The molecule has 2 aliphatic heterocycles. The molecule has 2 aliphatic rings. The first-order valence-corrected chi connectivity index (χ1v) is 11.8. The number of halogens is 6. The molecule has 5 rings (SSSR count). The van der Waals surface area contributed by atoms with Gasteiger partial charge in [-0.15, -0.1) is 10.2 Å². The van der Waals surface area contributed by atoms with E-state index in [1.807, 2.05) is 29.2 Å². The second-order valence-electron chi connectivity index (χ2n) is 8.91. The van der Waals surface area contributed by atoms with Crippen LogP contribution >= 0.6 is 0 Å². The average Bonchev–Trinajstić information content (AvgIpc) is 3.51. The number of aromatic nitrogens is 5. The van der Waals surface area contributed by atoms with Crippen molar-refractivity contribution in [3.05, 3.63) is 59.4 Å². The van der Waals surface area contributed by atoms with Gasteiger partial charge in [0.2, 0.25) is 0 Å². The summed E-state index contributed by atoms with van der Waals surface area (Å²) in [6, 6.07) is 8.49. The van der Waals surface area contributed by atoms with Gasteiger partial charge in [0.15, 0.2) is 11.5 Å². The van der Waals surface area contributed by atoms with Crippen molar-refractivity contribution in [2.75, 3.05) is 19.7 Å². The number of ether oxygens (including phenoxy) is 1. The third-order valence-electron chi connectivity index (χ3n) is 6.48. The smallest absolute Gasteiger partial charge is 0.453 e. The molecular formula is C23H23F6N7O. The molecule has 0 unspecified atom stereocenters. The van der Waals surface area contributed by atoms with E-state index in [-0.39, 0.29) is 24.9 Å². The van der Waals surface area contributed by atoms with Crippen LogP contribution in [0.15, 0.2) is 41.6 Å². The van der Waals surface area contributed by atoms with Crippen LogP contribution in [0.2, 0.25) is 0 Å². The number of fused-ring (bicyclic) bond motifs is 1. The van der Waals surface area contributed by atoms with Crippen molar-refractivity contribution in [3.8, 4) is 5.75 Å². The predicted octanol–water partition coefficient (Wildman–Crippen LogP) is 4.58. The van der Waals surface area contributed by atoms with E-state index in [4.69, 9.17) is 4.74 Å². The summed E-state index contributed by atoms with van der Waals surface area (Å²) in [5, 5.41) is 14.6. The molecule has 0 radical (unpaired) electrons. The molecule has 1 fully saturated rings. The molecule has 0 aliphatic carbocycles. The highest BCUT2D eigenvalue weighted by Crippen LogP contribution is 2.32. The lowest BCUT2D eigenvalue weighted by Crippen LogP contribution is -2.40. The van der Waals surface area contributed by atoms with Crippen LogP contribution in [-0.2, 0) is 25.3 Å². The molecule has 0 N–H and O–H groups in total. The number of aryl methyl sites for hydroxylation is 1. The maximum Gasteiger partial charge on any atom is 0.453 e. The molecule has 0 spiro atoms. The topological polar surface area (TPSA) is 73.4 Å². The number of nitrogens with zero attached hydrogens (tertiary/aromatic N) is 7. The Hall–Kier alpha value is -3.58. The maximum absolute atomic E-state index is 13.2. The van der Waals surface area contributed by atoms with Gasteiger partial charge in [-0.25, -0.2) is 0 Å². The molecule has 2 aromatic heterocycles. The van der Waals surface area contributed by atoms with Gasteiger partial charge >= 0.3 is 12.4 Å². The quantitative estimate of drug-likeness (QED) is 0.455. The predicted molar refractivity (Wildman–Crippen MR) is 119 cm³/mol. The first-order chi connectivity index (χ1) is 17.6. The molecule has 0 bridgehead atoms. The van der Waals surface area contributed by atoms with E-state index in [9.17, 15) is 26.3 Å². The lowest BCUT2D eigenvalue weighted by molar-refractivity contribution is -0.147. The standard InChI is InChI=1S/C23H23F6N7O/c24-22(25,26)18-9-12-35(32-18)13-14-37-17-3-1-15(2-4-17)16-7-10-34(11-8-16)20-6-5-19-30-31-21(23(27,28)29)36(19)33-20/h1-4,9,12,16H,5-8,10-11,13-14H2. The van der Waals surface area contributed by atoms with Crippen molar-refractivity contribution in [1.29, 1.82) is 0 Å². The van der Waals surface area contributed by atoms with Crippen molar-refractivity contribution >= 4 is 5.84 Å². The molecule has 0 atom stereocenters. The third-order valence-corrected chi connectivity index (χ3v) is 6.48. The molecular weight excluding hydrogens is 504 g/mol.